The normalized spacial score (nSPS) is 12.2. The third-order valence-electron chi connectivity index (χ3n) is 3.32. The fourth-order valence-corrected chi connectivity index (χ4v) is 2.14. The van der Waals surface area contributed by atoms with E-state index in [2.05, 4.69) is 36.2 Å². The molecular weight excluding hydrogens is 236 g/mol. The van der Waals surface area contributed by atoms with Crippen LogP contribution < -0.4 is 10.5 Å². The van der Waals surface area contributed by atoms with Crippen molar-refractivity contribution in [2.24, 2.45) is 5.73 Å². The van der Waals surface area contributed by atoms with Crippen molar-refractivity contribution in [2.75, 3.05) is 7.11 Å². The molecule has 0 spiro atoms. The summed E-state index contributed by atoms with van der Waals surface area (Å²) >= 11 is 0. The highest BCUT2D eigenvalue weighted by molar-refractivity contribution is 5.34. The molecular formula is C16H20N2O. The molecule has 2 rings (SSSR count). The zero-order valence-corrected chi connectivity index (χ0v) is 11.5. The van der Waals surface area contributed by atoms with Crippen LogP contribution in [-0.4, -0.2) is 12.1 Å². The Kier molecular flexibility index (Phi) is 4.53. The van der Waals surface area contributed by atoms with E-state index < -0.39 is 0 Å². The maximum absolute atomic E-state index is 6.27. The summed E-state index contributed by atoms with van der Waals surface area (Å²) in [6, 6.07) is 10.4. The summed E-state index contributed by atoms with van der Waals surface area (Å²) in [6.07, 6.45) is 5.31. The van der Waals surface area contributed by atoms with Crippen LogP contribution in [0.1, 0.15) is 29.7 Å². The molecule has 0 saturated carbocycles. The van der Waals surface area contributed by atoms with Gasteiger partial charge in [0.15, 0.2) is 0 Å². The zero-order valence-electron chi connectivity index (χ0n) is 11.5. The Morgan fingerprint density at radius 1 is 1.16 bits per heavy atom. The van der Waals surface area contributed by atoms with Crippen molar-refractivity contribution in [2.45, 2.75) is 25.8 Å². The maximum atomic E-state index is 6.27. The Balaban J connectivity index is 2.13. The first-order valence-electron chi connectivity index (χ1n) is 6.56. The first-order valence-corrected chi connectivity index (χ1v) is 6.56. The van der Waals surface area contributed by atoms with Crippen molar-refractivity contribution in [3.63, 3.8) is 0 Å². The summed E-state index contributed by atoms with van der Waals surface area (Å²) in [5, 5.41) is 0. The van der Waals surface area contributed by atoms with Crippen LogP contribution in [0.2, 0.25) is 0 Å². The fourth-order valence-electron chi connectivity index (χ4n) is 2.14. The van der Waals surface area contributed by atoms with Crippen molar-refractivity contribution in [3.05, 3.63) is 59.4 Å². The van der Waals surface area contributed by atoms with Crippen LogP contribution in [0, 0.1) is 0 Å². The first kappa shape index (κ1) is 13.6. The molecule has 0 aliphatic rings. The van der Waals surface area contributed by atoms with Gasteiger partial charge in [-0.05, 0) is 30.0 Å². The summed E-state index contributed by atoms with van der Waals surface area (Å²) in [6.45, 7) is 2.16. The predicted octanol–water partition coefficient (Wildman–Crippen LogP) is 2.90. The van der Waals surface area contributed by atoms with Crippen LogP contribution in [0.5, 0.6) is 5.75 Å². The lowest BCUT2D eigenvalue weighted by Crippen LogP contribution is -2.14. The molecule has 1 aromatic carbocycles. The number of ether oxygens (including phenoxy) is 1. The third-order valence-corrected chi connectivity index (χ3v) is 3.32. The number of aromatic nitrogens is 1. The minimum atomic E-state index is -0.0783. The second kappa shape index (κ2) is 6.34. The molecule has 0 saturated heterocycles. The van der Waals surface area contributed by atoms with Gasteiger partial charge in [0.1, 0.15) is 5.75 Å². The lowest BCUT2D eigenvalue weighted by Gasteiger charge is -2.15. The molecule has 0 aliphatic carbocycles. The summed E-state index contributed by atoms with van der Waals surface area (Å²) in [5.74, 6) is 0.750. The summed E-state index contributed by atoms with van der Waals surface area (Å²) in [5.41, 5.74) is 9.85. The maximum Gasteiger partial charge on any atom is 0.141 e. The van der Waals surface area contributed by atoms with Crippen LogP contribution in [0.3, 0.4) is 0 Å². The van der Waals surface area contributed by atoms with Gasteiger partial charge in [0.05, 0.1) is 13.3 Å². The second-order valence-electron chi connectivity index (χ2n) is 4.60. The van der Waals surface area contributed by atoms with E-state index in [0.29, 0.717) is 0 Å². The highest BCUT2D eigenvalue weighted by Crippen LogP contribution is 2.24. The van der Waals surface area contributed by atoms with Crippen LogP contribution in [0.15, 0.2) is 42.7 Å². The quantitative estimate of drug-likeness (QED) is 0.894. The SMILES string of the molecule is CCc1ccc(CC(N)c2ccncc2OC)cc1. The van der Waals surface area contributed by atoms with E-state index in [0.717, 1.165) is 24.2 Å². The number of nitrogens with zero attached hydrogens (tertiary/aromatic N) is 1. The third kappa shape index (κ3) is 3.32. The summed E-state index contributed by atoms with van der Waals surface area (Å²) in [4.78, 5) is 4.05. The number of aryl methyl sites for hydroxylation is 1. The molecule has 2 aromatic rings. The molecule has 0 fully saturated rings. The lowest BCUT2D eigenvalue weighted by atomic mass is 9.99. The molecule has 0 aliphatic heterocycles. The van der Waals surface area contributed by atoms with Gasteiger partial charge < -0.3 is 10.5 Å². The van der Waals surface area contributed by atoms with E-state index in [9.17, 15) is 0 Å². The van der Waals surface area contributed by atoms with Gasteiger partial charge in [-0.1, -0.05) is 31.2 Å². The number of rotatable bonds is 5. The Morgan fingerprint density at radius 2 is 1.84 bits per heavy atom. The van der Waals surface area contributed by atoms with Gasteiger partial charge in [-0.2, -0.15) is 0 Å². The minimum Gasteiger partial charge on any atom is -0.495 e. The van der Waals surface area contributed by atoms with Gasteiger partial charge in [0.2, 0.25) is 0 Å². The summed E-state index contributed by atoms with van der Waals surface area (Å²) in [7, 11) is 1.64. The molecule has 1 atom stereocenters. The van der Waals surface area contributed by atoms with Crippen molar-refractivity contribution in [3.8, 4) is 5.75 Å². The van der Waals surface area contributed by atoms with Gasteiger partial charge in [-0.15, -0.1) is 0 Å². The van der Waals surface area contributed by atoms with E-state index in [1.807, 2.05) is 6.07 Å². The van der Waals surface area contributed by atoms with Gasteiger partial charge >= 0.3 is 0 Å². The van der Waals surface area contributed by atoms with Crippen LogP contribution in [-0.2, 0) is 12.8 Å². The highest BCUT2D eigenvalue weighted by atomic mass is 16.5. The molecule has 3 heteroatoms. The molecule has 1 aromatic heterocycles. The predicted molar refractivity (Wildman–Crippen MR) is 77.2 cm³/mol. The van der Waals surface area contributed by atoms with E-state index in [1.165, 1.54) is 11.1 Å². The number of benzene rings is 1. The van der Waals surface area contributed by atoms with Gasteiger partial charge in [-0.3, -0.25) is 4.98 Å². The summed E-state index contributed by atoms with van der Waals surface area (Å²) < 4.78 is 5.30. The smallest absolute Gasteiger partial charge is 0.141 e. The Labute approximate surface area is 114 Å². The van der Waals surface area contributed by atoms with E-state index in [-0.39, 0.29) is 6.04 Å². The number of hydrogen-bond acceptors (Lipinski definition) is 3. The van der Waals surface area contributed by atoms with E-state index in [1.54, 1.807) is 19.5 Å². The molecule has 2 N–H and O–H groups in total. The fraction of sp³-hybridized carbons (Fsp3) is 0.312. The molecule has 19 heavy (non-hydrogen) atoms. The Bertz CT molecular complexity index is 523. The zero-order chi connectivity index (χ0) is 13.7. The average Bonchev–Trinajstić information content (AvgIpc) is 2.48. The van der Waals surface area contributed by atoms with E-state index in [4.69, 9.17) is 10.5 Å². The Morgan fingerprint density at radius 3 is 2.47 bits per heavy atom. The van der Waals surface area contributed by atoms with E-state index >= 15 is 0 Å². The molecule has 0 radical (unpaired) electrons. The molecule has 0 amide bonds. The van der Waals surface area contributed by atoms with Crippen molar-refractivity contribution >= 4 is 0 Å². The molecule has 1 heterocycles. The number of methoxy groups -OCH3 is 1. The van der Waals surface area contributed by atoms with Gasteiger partial charge in [-0.25, -0.2) is 0 Å². The standard InChI is InChI=1S/C16H20N2O/c1-3-12-4-6-13(7-5-12)10-15(17)14-8-9-18-11-16(14)19-2/h4-9,11,15H,3,10,17H2,1-2H3. The topological polar surface area (TPSA) is 48.1 Å². The van der Waals surface area contributed by atoms with Crippen LogP contribution in [0.4, 0.5) is 0 Å². The lowest BCUT2D eigenvalue weighted by molar-refractivity contribution is 0.403. The number of nitrogens with two attached hydrogens (primary N) is 1. The van der Waals surface area contributed by atoms with Crippen molar-refractivity contribution in [1.82, 2.24) is 4.98 Å². The molecule has 1 unspecified atom stereocenters. The van der Waals surface area contributed by atoms with Crippen molar-refractivity contribution < 1.29 is 4.74 Å². The van der Waals surface area contributed by atoms with Gasteiger partial charge in [0, 0.05) is 17.8 Å². The van der Waals surface area contributed by atoms with Crippen molar-refractivity contribution in [1.29, 1.82) is 0 Å². The number of hydrogen-bond donors (Lipinski definition) is 1. The highest BCUT2D eigenvalue weighted by Gasteiger charge is 2.12. The monoisotopic (exact) mass is 256 g/mol. The average molecular weight is 256 g/mol. The van der Waals surface area contributed by atoms with Crippen LogP contribution >= 0.6 is 0 Å². The van der Waals surface area contributed by atoms with Crippen LogP contribution in [0.25, 0.3) is 0 Å². The molecule has 100 valence electrons. The van der Waals surface area contributed by atoms with Gasteiger partial charge in [0.25, 0.3) is 0 Å². The second-order valence-corrected chi connectivity index (χ2v) is 4.60. The molecule has 0 bridgehead atoms. The Hall–Kier alpha value is -1.87. The minimum absolute atomic E-state index is 0.0783. The largest absolute Gasteiger partial charge is 0.495 e. The molecule has 3 nitrogen and oxygen atoms in total. The first-order chi connectivity index (χ1) is 9.24. The number of pyridine rings is 1.